The molecular formula is C28H27F4N5O3. The van der Waals surface area contributed by atoms with Crippen molar-refractivity contribution in [1.82, 2.24) is 9.88 Å². The normalized spacial score (nSPS) is 13.7. The van der Waals surface area contributed by atoms with Crippen molar-refractivity contribution >= 4 is 23.4 Å². The predicted molar refractivity (Wildman–Crippen MR) is 140 cm³/mol. The second kappa shape index (κ2) is 13.5. The van der Waals surface area contributed by atoms with E-state index in [4.69, 9.17) is 15.2 Å². The van der Waals surface area contributed by atoms with Crippen LogP contribution in [0, 0.1) is 17.1 Å². The Morgan fingerprint density at radius 1 is 1.12 bits per heavy atom. The van der Waals surface area contributed by atoms with Gasteiger partial charge in [-0.3, -0.25) is 9.69 Å². The van der Waals surface area contributed by atoms with Crippen LogP contribution in [0.25, 0.3) is 0 Å². The van der Waals surface area contributed by atoms with Crippen molar-refractivity contribution in [3.05, 3.63) is 89.4 Å². The van der Waals surface area contributed by atoms with Crippen LogP contribution in [0.4, 0.5) is 29.1 Å². The number of aliphatic carboxylic acids is 1. The summed E-state index contributed by atoms with van der Waals surface area (Å²) in [7, 11) is 2.14. The van der Waals surface area contributed by atoms with Gasteiger partial charge in [0.15, 0.2) is 0 Å². The van der Waals surface area contributed by atoms with Gasteiger partial charge in [-0.1, -0.05) is 18.2 Å². The van der Waals surface area contributed by atoms with Crippen molar-refractivity contribution in [1.29, 1.82) is 5.26 Å². The third-order valence-electron chi connectivity index (χ3n) is 6.26. The molecule has 1 aromatic heterocycles. The first-order chi connectivity index (χ1) is 19.0. The molecule has 0 radical (unpaired) electrons. The lowest BCUT2D eigenvalue weighted by Gasteiger charge is -2.37. The summed E-state index contributed by atoms with van der Waals surface area (Å²) in [5.41, 5.74) is 2.78. The number of nitrogens with one attached hydrogen (secondary N) is 1. The topological polar surface area (TPSA) is 110 Å². The highest BCUT2D eigenvalue weighted by Gasteiger charge is 2.38. The summed E-state index contributed by atoms with van der Waals surface area (Å²) >= 11 is 0. The minimum Gasteiger partial charge on any atom is -0.475 e. The van der Waals surface area contributed by atoms with Gasteiger partial charge in [0.1, 0.15) is 11.6 Å². The summed E-state index contributed by atoms with van der Waals surface area (Å²) < 4.78 is 45.1. The summed E-state index contributed by atoms with van der Waals surface area (Å²) in [5.74, 6) is -2.73. The highest BCUT2D eigenvalue weighted by Crippen LogP contribution is 2.24. The van der Waals surface area contributed by atoms with Gasteiger partial charge in [0.25, 0.3) is 5.91 Å². The van der Waals surface area contributed by atoms with Crippen LogP contribution in [0.2, 0.25) is 0 Å². The number of amides is 1. The summed E-state index contributed by atoms with van der Waals surface area (Å²) in [6.07, 6.45) is -1.39. The number of benzene rings is 2. The fraction of sp³-hybridized carbons (Fsp3) is 0.286. The SMILES string of the molecule is CN(Cc1ccc(C#N)cc1)C1CCN(c2cc(NC(=O)c3cccc(F)c3)ccn2)CC1.O=C(O)C(F)(F)F. The molecule has 4 rings (SSSR count). The Kier molecular flexibility index (Phi) is 10.2. The van der Waals surface area contributed by atoms with Crippen molar-refractivity contribution in [3.8, 4) is 6.07 Å². The molecule has 0 aliphatic carbocycles. The van der Waals surface area contributed by atoms with Crippen molar-refractivity contribution < 1.29 is 32.3 Å². The number of pyridine rings is 1. The molecule has 1 saturated heterocycles. The first-order valence-electron chi connectivity index (χ1n) is 12.2. The molecule has 1 fully saturated rings. The van der Waals surface area contributed by atoms with E-state index in [1.54, 1.807) is 18.3 Å². The van der Waals surface area contributed by atoms with Gasteiger partial charge >= 0.3 is 12.1 Å². The third kappa shape index (κ3) is 8.78. The predicted octanol–water partition coefficient (Wildman–Crippen LogP) is 5.08. The molecule has 2 heterocycles. The molecule has 0 unspecified atom stereocenters. The van der Waals surface area contributed by atoms with Crippen LogP contribution in [0.15, 0.2) is 66.9 Å². The summed E-state index contributed by atoms with van der Waals surface area (Å²) in [6.45, 7) is 2.59. The van der Waals surface area contributed by atoms with Crippen LogP contribution in [-0.2, 0) is 11.3 Å². The van der Waals surface area contributed by atoms with Crippen molar-refractivity contribution in [2.45, 2.75) is 31.6 Å². The van der Waals surface area contributed by atoms with E-state index in [0.29, 0.717) is 17.3 Å². The van der Waals surface area contributed by atoms with Crippen LogP contribution >= 0.6 is 0 Å². The quantitative estimate of drug-likeness (QED) is 0.407. The number of nitriles is 1. The fourth-order valence-corrected chi connectivity index (χ4v) is 4.14. The summed E-state index contributed by atoms with van der Waals surface area (Å²) in [6, 6.07) is 19.6. The van der Waals surface area contributed by atoms with Gasteiger partial charge in [-0.2, -0.15) is 18.4 Å². The Bertz CT molecular complexity index is 1350. The Labute approximate surface area is 228 Å². The number of halogens is 4. The van der Waals surface area contributed by atoms with E-state index in [2.05, 4.69) is 33.2 Å². The molecular weight excluding hydrogens is 530 g/mol. The molecule has 2 N–H and O–H groups in total. The van der Waals surface area contributed by atoms with Crippen molar-refractivity contribution in [2.75, 3.05) is 30.4 Å². The Morgan fingerprint density at radius 2 is 1.77 bits per heavy atom. The second-order valence-electron chi connectivity index (χ2n) is 9.11. The standard InChI is InChI=1S/C26H26FN5O.C2HF3O2/c1-31(18-20-7-5-19(17-28)6-8-20)24-10-13-32(14-11-24)25-16-23(9-12-29-25)30-26(33)21-3-2-4-22(27)15-21;3-2(4,5)1(6)7/h2-9,12,15-16,24H,10-11,13-14,18H2,1H3,(H,29,30,33);(H,6,7). The lowest BCUT2D eigenvalue weighted by Crippen LogP contribution is -2.43. The van der Waals surface area contributed by atoms with E-state index in [1.165, 1.54) is 23.8 Å². The van der Waals surface area contributed by atoms with E-state index >= 15 is 0 Å². The van der Waals surface area contributed by atoms with Gasteiger partial charge in [-0.15, -0.1) is 0 Å². The molecule has 3 aromatic rings. The highest BCUT2D eigenvalue weighted by molar-refractivity contribution is 6.04. The number of carbonyl (C=O) groups excluding carboxylic acids is 1. The Balaban J connectivity index is 0.000000559. The van der Waals surface area contributed by atoms with Crippen LogP contribution in [-0.4, -0.2) is 59.2 Å². The van der Waals surface area contributed by atoms with Crippen molar-refractivity contribution in [2.24, 2.45) is 0 Å². The Hall–Kier alpha value is -4.50. The smallest absolute Gasteiger partial charge is 0.475 e. The number of carboxylic acid groups (broad SMARTS) is 1. The van der Waals surface area contributed by atoms with Crippen LogP contribution in [0.5, 0.6) is 0 Å². The maximum absolute atomic E-state index is 13.4. The van der Waals surface area contributed by atoms with Gasteiger partial charge in [0.2, 0.25) is 0 Å². The largest absolute Gasteiger partial charge is 0.490 e. The fourth-order valence-electron chi connectivity index (χ4n) is 4.14. The van der Waals surface area contributed by atoms with Crippen LogP contribution in [0.1, 0.15) is 34.3 Å². The van der Waals surface area contributed by atoms with Gasteiger partial charge in [-0.05, 0) is 61.9 Å². The number of rotatable bonds is 6. The summed E-state index contributed by atoms with van der Waals surface area (Å²) in [5, 5.41) is 18.9. The first kappa shape index (κ1) is 30.0. The molecule has 2 aromatic carbocycles. The number of nitrogens with zero attached hydrogens (tertiary/aromatic N) is 4. The minimum absolute atomic E-state index is 0.277. The maximum atomic E-state index is 13.4. The molecule has 0 atom stereocenters. The number of anilines is 2. The van der Waals surface area contributed by atoms with Crippen LogP contribution in [0.3, 0.4) is 0 Å². The molecule has 40 heavy (non-hydrogen) atoms. The molecule has 12 heteroatoms. The maximum Gasteiger partial charge on any atom is 0.490 e. The molecule has 0 bridgehead atoms. The van der Waals surface area contributed by atoms with Gasteiger partial charge < -0.3 is 15.3 Å². The zero-order valence-electron chi connectivity index (χ0n) is 21.5. The molecule has 0 spiro atoms. The minimum atomic E-state index is -5.08. The monoisotopic (exact) mass is 557 g/mol. The molecule has 1 aliphatic heterocycles. The van der Waals surface area contributed by atoms with E-state index in [-0.39, 0.29) is 11.5 Å². The Morgan fingerprint density at radius 3 is 2.35 bits per heavy atom. The van der Waals surface area contributed by atoms with E-state index in [9.17, 15) is 22.4 Å². The number of alkyl halides is 3. The lowest BCUT2D eigenvalue weighted by atomic mass is 10.0. The molecule has 1 aliphatic rings. The number of piperidine rings is 1. The number of aromatic nitrogens is 1. The van der Waals surface area contributed by atoms with E-state index < -0.39 is 18.0 Å². The first-order valence-corrected chi connectivity index (χ1v) is 12.2. The highest BCUT2D eigenvalue weighted by atomic mass is 19.4. The average molecular weight is 558 g/mol. The zero-order chi connectivity index (χ0) is 29.3. The molecule has 210 valence electrons. The van der Waals surface area contributed by atoms with Crippen LogP contribution < -0.4 is 10.2 Å². The number of hydrogen-bond donors (Lipinski definition) is 2. The second-order valence-corrected chi connectivity index (χ2v) is 9.11. The average Bonchev–Trinajstić information content (AvgIpc) is 2.93. The van der Waals surface area contributed by atoms with Crippen molar-refractivity contribution in [3.63, 3.8) is 0 Å². The lowest BCUT2D eigenvalue weighted by molar-refractivity contribution is -0.192. The van der Waals surface area contributed by atoms with Gasteiger partial charge in [-0.25, -0.2) is 14.2 Å². The number of carbonyl (C=O) groups is 2. The van der Waals surface area contributed by atoms with Gasteiger partial charge in [0.05, 0.1) is 11.6 Å². The molecule has 0 saturated carbocycles. The number of carboxylic acids is 1. The van der Waals surface area contributed by atoms with E-state index in [0.717, 1.165) is 38.3 Å². The summed E-state index contributed by atoms with van der Waals surface area (Å²) in [4.78, 5) is 30.4. The van der Waals surface area contributed by atoms with Gasteiger partial charge in [0, 0.05) is 49.2 Å². The zero-order valence-corrected chi connectivity index (χ0v) is 21.5. The third-order valence-corrected chi connectivity index (χ3v) is 6.26. The number of hydrogen-bond acceptors (Lipinski definition) is 6. The molecule has 1 amide bonds. The molecule has 8 nitrogen and oxygen atoms in total. The van der Waals surface area contributed by atoms with E-state index in [1.807, 2.05) is 30.3 Å².